The van der Waals surface area contributed by atoms with Gasteiger partial charge in [-0.05, 0) is 37.1 Å². The van der Waals surface area contributed by atoms with Gasteiger partial charge in [-0.25, -0.2) is 4.98 Å². The van der Waals surface area contributed by atoms with Crippen molar-refractivity contribution < 1.29 is 4.74 Å². The minimum Gasteiger partial charge on any atom is -0.494 e. The second-order valence-electron chi connectivity index (χ2n) is 4.41. The van der Waals surface area contributed by atoms with Crippen LogP contribution in [-0.4, -0.2) is 18.1 Å². The molecule has 2 rings (SSSR count). The molecule has 1 heterocycles. The van der Waals surface area contributed by atoms with Crippen molar-refractivity contribution in [1.82, 2.24) is 4.98 Å². The lowest BCUT2D eigenvalue weighted by Gasteiger charge is -2.09. The summed E-state index contributed by atoms with van der Waals surface area (Å²) in [6, 6.07) is 13.7. The molecule has 0 bridgehead atoms. The number of nitrogens with zero attached hydrogens (tertiary/aromatic N) is 2. The molecule has 2 aromatic rings. The maximum Gasteiger partial charge on any atom is 0.144 e. The Bertz CT molecular complexity index is 590. The zero-order valence-corrected chi connectivity index (χ0v) is 11.5. The molecule has 0 aliphatic rings. The first kappa shape index (κ1) is 13.9. The predicted molar refractivity (Wildman–Crippen MR) is 78.7 cm³/mol. The molecule has 0 aliphatic carbocycles. The number of aryl methyl sites for hydroxylation is 1. The van der Waals surface area contributed by atoms with Gasteiger partial charge in [-0.3, -0.25) is 0 Å². The van der Waals surface area contributed by atoms with Gasteiger partial charge in [0, 0.05) is 12.7 Å². The summed E-state index contributed by atoms with van der Waals surface area (Å²) in [4.78, 5) is 4.19. The van der Waals surface area contributed by atoms with Crippen molar-refractivity contribution >= 4 is 5.82 Å². The molecule has 0 saturated carbocycles. The van der Waals surface area contributed by atoms with E-state index in [1.807, 2.05) is 43.3 Å². The van der Waals surface area contributed by atoms with Crippen LogP contribution >= 0.6 is 0 Å². The first-order valence-corrected chi connectivity index (χ1v) is 6.58. The van der Waals surface area contributed by atoms with Crippen LogP contribution in [0.2, 0.25) is 0 Å². The molecule has 0 atom stereocenters. The van der Waals surface area contributed by atoms with Crippen LogP contribution in [0.15, 0.2) is 42.6 Å². The van der Waals surface area contributed by atoms with Crippen LogP contribution in [0.25, 0.3) is 0 Å². The highest BCUT2D eigenvalue weighted by molar-refractivity contribution is 5.55. The number of ether oxygens (including phenoxy) is 1. The summed E-state index contributed by atoms with van der Waals surface area (Å²) in [6.07, 6.45) is 2.55. The Balaban J connectivity index is 1.77. The standard InChI is InChI=1S/C16H17N3O/c1-13-8-10-19-16(15(13)12-17)18-9-5-11-20-14-6-3-2-4-7-14/h2-4,6-8,10H,5,9,11H2,1H3,(H,18,19). The minimum absolute atomic E-state index is 0.608. The van der Waals surface area contributed by atoms with E-state index in [1.165, 1.54) is 0 Å². The monoisotopic (exact) mass is 267 g/mol. The van der Waals surface area contributed by atoms with E-state index >= 15 is 0 Å². The van der Waals surface area contributed by atoms with Crippen LogP contribution in [0, 0.1) is 18.3 Å². The number of para-hydroxylation sites is 1. The van der Waals surface area contributed by atoms with Gasteiger partial charge < -0.3 is 10.1 Å². The normalized spacial score (nSPS) is 9.80. The van der Waals surface area contributed by atoms with Crippen LogP contribution < -0.4 is 10.1 Å². The SMILES string of the molecule is Cc1ccnc(NCCCOc2ccccc2)c1C#N. The van der Waals surface area contributed by atoms with Crippen LogP contribution in [0.3, 0.4) is 0 Å². The van der Waals surface area contributed by atoms with Crippen molar-refractivity contribution in [3.8, 4) is 11.8 Å². The summed E-state index contributed by atoms with van der Waals surface area (Å²) in [5.41, 5.74) is 1.54. The van der Waals surface area contributed by atoms with Gasteiger partial charge in [0.1, 0.15) is 17.6 Å². The number of hydrogen-bond donors (Lipinski definition) is 1. The van der Waals surface area contributed by atoms with Crippen LogP contribution in [0.4, 0.5) is 5.82 Å². The Morgan fingerprint density at radius 3 is 2.80 bits per heavy atom. The predicted octanol–water partition coefficient (Wildman–Crippen LogP) is 3.14. The Hall–Kier alpha value is -2.54. The molecule has 1 aromatic carbocycles. The van der Waals surface area contributed by atoms with Gasteiger partial charge in [0.2, 0.25) is 0 Å². The van der Waals surface area contributed by atoms with Gasteiger partial charge in [-0.1, -0.05) is 18.2 Å². The number of nitrogens with one attached hydrogen (secondary N) is 1. The Morgan fingerprint density at radius 1 is 1.25 bits per heavy atom. The van der Waals surface area contributed by atoms with E-state index in [0.29, 0.717) is 18.0 Å². The zero-order chi connectivity index (χ0) is 14.2. The highest BCUT2D eigenvalue weighted by Crippen LogP contribution is 2.15. The molecule has 1 N–H and O–H groups in total. The molecule has 0 spiro atoms. The third-order valence-corrected chi connectivity index (χ3v) is 2.90. The van der Waals surface area contributed by atoms with E-state index in [4.69, 9.17) is 10.00 Å². The lowest BCUT2D eigenvalue weighted by Crippen LogP contribution is -2.09. The van der Waals surface area contributed by atoms with Gasteiger partial charge in [-0.15, -0.1) is 0 Å². The summed E-state index contributed by atoms with van der Waals surface area (Å²) in [7, 11) is 0. The molecule has 1 aromatic heterocycles. The summed E-state index contributed by atoms with van der Waals surface area (Å²) in [6.45, 7) is 3.26. The second-order valence-corrected chi connectivity index (χ2v) is 4.41. The molecule has 0 amide bonds. The Morgan fingerprint density at radius 2 is 2.05 bits per heavy atom. The number of aromatic nitrogens is 1. The molecule has 0 saturated heterocycles. The van der Waals surface area contributed by atoms with E-state index in [0.717, 1.165) is 24.3 Å². The van der Waals surface area contributed by atoms with Crippen molar-refractivity contribution in [2.75, 3.05) is 18.5 Å². The maximum atomic E-state index is 9.10. The summed E-state index contributed by atoms with van der Waals surface area (Å²) in [5.74, 6) is 1.52. The van der Waals surface area contributed by atoms with Gasteiger partial charge in [0.05, 0.1) is 12.2 Å². The molecular formula is C16H17N3O. The van der Waals surface area contributed by atoms with Gasteiger partial charge in [-0.2, -0.15) is 5.26 Å². The van der Waals surface area contributed by atoms with Crippen LogP contribution in [0.1, 0.15) is 17.5 Å². The quantitative estimate of drug-likeness (QED) is 0.817. The van der Waals surface area contributed by atoms with Crippen molar-refractivity contribution in [3.63, 3.8) is 0 Å². The van der Waals surface area contributed by atoms with Gasteiger partial charge in [0.15, 0.2) is 0 Å². The van der Waals surface area contributed by atoms with Gasteiger partial charge in [0.25, 0.3) is 0 Å². The molecule has 0 fully saturated rings. The number of nitriles is 1. The maximum absolute atomic E-state index is 9.10. The fourth-order valence-electron chi connectivity index (χ4n) is 1.82. The largest absolute Gasteiger partial charge is 0.494 e. The number of pyridine rings is 1. The van der Waals surface area contributed by atoms with E-state index in [2.05, 4.69) is 16.4 Å². The van der Waals surface area contributed by atoms with Crippen LogP contribution in [0.5, 0.6) is 5.75 Å². The van der Waals surface area contributed by atoms with E-state index in [1.54, 1.807) is 6.20 Å². The third-order valence-electron chi connectivity index (χ3n) is 2.90. The Labute approximate surface area is 119 Å². The lowest BCUT2D eigenvalue weighted by atomic mass is 10.1. The topological polar surface area (TPSA) is 57.9 Å². The molecule has 0 aliphatic heterocycles. The van der Waals surface area contributed by atoms with Crippen LogP contribution in [-0.2, 0) is 0 Å². The summed E-state index contributed by atoms with van der Waals surface area (Å²) < 4.78 is 5.60. The first-order valence-electron chi connectivity index (χ1n) is 6.58. The number of benzene rings is 1. The molecule has 102 valence electrons. The average molecular weight is 267 g/mol. The first-order chi connectivity index (χ1) is 9.81. The van der Waals surface area contributed by atoms with E-state index in [9.17, 15) is 0 Å². The van der Waals surface area contributed by atoms with E-state index in [-0.39, 0.29) is 0 Å². The van der Waals surface area contributed by atoms with Gasteiger partial charge >= 0.3 is 0 Å². The molecule has 4 heteroatoms. The van der Waals surface area contributed by atoms with Crippen molar-refractivity contribution in [2.45, 2.75) is 13.3 Å². The Kier molecular flexibility index (Phi) is 4.96. The zero-order valence-electron chi connectivity index (χ0n) is 11.5. The molecule has 4 nitrogen and oxygen atoms in total. The highest BCUT2D eigenvalue weighted by Gasteiger charge is 2.05. The lowest BCUT2D eigenvalue weighted by molar-refractivity contribution is 0.315. The summed E-state index contributed by atoms with van der Waals surface area (Å²) in [5, 5.41) is 12.3. The fourth-order valence-corrected chi connectivity index (χ4v) is 1.82. The van der Waals surface area contributed by atoms with E-state index < -0.39 is 0 Å². The van der Waals surface area contributed by atoms with Crippen molar-refractivity contribution in [2.24, 2.45) is 0 Å². The molecule has 0 radical (unpaired) electrons. The fraction of sp³-hybridized carbons (Fsp3) is 0.250. The average Bonchev–Trinajstić information content (AvgIpc) is 2.48. The number of hydrogen-bond acceptors (Lipinski definition) is 4. The second kappa shape index (κ2) is 7.15. The van der Waals surface area contributed by atoms with Crippen molar-refractivity contribution in [1.29, 1.82) is 5.26 Å². The highest BCUT2D eigenvalue weighted by atomic mass is 16.5. The minimum atomic E-state index is 0.608. The smallest absolute Gasteiger partial charge is 0.144 e. The van der Waals surface area contributed by atoms with Crippen molar-refractivity contribution in [3.05, 3.63) is 53.7 Å². The number of anilines is 1. The summed E-state index contributed by atoms with van der Waals surface area (Å²) >= 11 is 0. The number of rotatable bonds is 6. The molecule has 0 unspecified atom stereocenters. The molecular weight excluding hydrogens is 250 g/mol. The molecule has 20 heavy (non-hydrogen) atoms. The third kappa shape index (κ3) is 3.72.